The van der Waals surface area contributed by atoms with Crippen molar-refractivity contribution in [2.45, 2.75) is 6.54 Å². The Morgan fingerprint density at radius 2 is 1.72 bits per heavy atom. The third kappa shape index (κ3) is 5.38. The van der Waals surface area contributed by atoms with Gasteiger partial charge in [-0.25, -0.2) is 0 Å². The lowest BCUT2D eigenvalue weighted by atomic mass is 10.1. The number of fused-ring (bicyclic) bond motifs is 1. The third-order valence-electron chi connectivity index (χ3n) is 6.18. The lowest BCUT2D eigenvalue weighted by Gasteiger charge is -2.31. The molecule has 5 rings (SSSR count). The van der Waals surface area contributed by atoms with Crippen LogP contribution in [0.4, 0.5) is 17.2 Å². The summed E-state index contributed by atoms with van der Waals surface area (Å²) < 4.78 is 0. The third-order valence-corrected chi connectivity index (χ3v) is 6.79. The van der Waals surface area contributed by atoms with Crippen LogP contribution < -0.4 is 20.9 Å². The number of nitrogens with one attached hydrogen (secondary N) is 3. The van der Waals surface area contributed by atoms with Gasteiger partial charge in [0.2, 0.25) is 0 Å². The minimum absolute atomic E-state index is 0.0117. The number of carbonyl (C=O) groups excluding carboxylic acids is 2. The van der Waals surface area contributed by atoms with Crippen molar-refractivity contribution in [3.8, 4) is 0 Å². The summed E-state index contributed by atoms with van der Waals surface area (Å²) in [7, 11) is 0. The number of piperazine rings is 1. The Hall–Kier alpha value is -3.40. The lowest BCUT2D eigenvalue weighted by molar-refractivity contribution is 0.0735. The molecule has 2 aliphatic rings. The Morgan fingerprint density at radius 3 is 2.50 bits per heavy atom. The van der Waals surface area contributed by atoms with Gasteiger partial charge < -0.3 is 25.8 Å². The number of aromatic nitrogens is 2. The molecule has 0 atom stereocenters. The van der Waals surface area contributed by atoms with E-state index in [1.54, 1.807) is 42.5 Å². The van der Waals surface area contributed by atoms with E-state index >= 15 is 0 Å². The number of halogens is 2. The van der Waals surface area contributed by atoms with E-state index in [-0.39, 0.29) is 11.6 Å². The maximum atomic E-state index is 13.0. The Kier molecular flexibility index (Phi) is 7.22. The van der Waals surface area contributed by atoms with Gasteiger partial charge in [0.25, 0.3) is 11.8 Å². The van der Waals surface area contributed by atoms with E-state index in [1.165, 1.54) is 0 Å². The Bertz CT molecular complexity index is 1280. The van der Waals surface area contributed by atoms with Crippen molar-refractivity contribution in [3.63, 3.8) is 0 Å². The van der Waals surface area contributed by atoms with Gasteiger partial charge in [-0.3, -0.25) is 9.59 Å². The molecule has 0 unspecified atom stereocenters. The first-order valence-corrected chi connectivity index (χ1v) is 12.5. The molecule has 186 valence electrons. The molecule has 1 aromatic heterocycles. The number of anilines is 3. The molecular formula is C25H25Cl2N7O2. The zero-order chi connectivity index (χ0) is 25.1. The van der Waals surface area contributed by atoms with Crippen LogP contribution in [0.25, 0.3) is 0 Å². The molecular weight excluding hydrogens is 501 g/mol. The minimum atomic E-state index is -0.391. The number of hydrogen-bond donors (Lipinski definition) is 3. The van der Waals surface area contributed by atoms with Crippen molar-refractivity contribution >= 4 is 52.2 Å². The van der Waals surface area contributed by atoms with E-state index in [0.717, 1.165) is 24.3 Å². The largest absolute Gasteiger partial charge is 0.365 e. The maximum Gasteiger partial charge on any atom is 0.276 e. The van der Waals surface area contributed by atoms with Crippen LogP contribution in [-0.2, 0) is 6.54 Å². The molecule has 2 amide bonds. The molecule has 2 aliphatic heterocycles. The summed E-state index contributed by atoms with van der Waals surface area (Å²) in [6.45, 7) is 4.86. The zero-order valence-corrected chi connectivity index (χ0v) is 20.9. The van der Waals surface area contributed by atoms with Gasteiger partial charge >= 0.3 is 0 Å². The highest BCUT2D eigenvalue weighted by molar-refractivity contribution is 6.33. The SMILES string of the molecule is O=C(Nc1ccc(C(=O)N2CCNCC2)cc1)c1cc2c(nn1)NCCN2Cc1cc(Cl)ccc1Cl. The average Bonchev–Trinajstić information content (AvgIpc) is 2.91. The van der Waals surface area contributed by atoms with Crippen LogP contribution in [0.3, 0.4) is 0 Å². The van der Waals surface area contributed by atoms with Crippen LogP contribution in [0.5, 0.6) is 0 Å². The number of carbonyl (C=O) groups is 2. The maximum absolute atomic E-state index is 13.0. The van der Waals surface area contributed by atoms with Gasteiger partial charge in [0.1, 0.15) is 0 Å². The zero-order valence-electron chi connectivity index (χ0n) is 19.4. The highest BCUT2D eigenvalue weighted by Crippen LogP contribution is 2.31. The molecule has 2 aromatic carbocycles. The Morgan fingerprint density at radius 1 is 0.944 bits per heavy atom. The first-order chi connectivity index (χ1) is 17.5. The second-order valence-corrected chi connectivity index (χ2v) is 9.46. The minimum Gasteiger partial charge on any atom is -0.365 e. The van der Waals surface area contributed by atoms with Gasteiger partial charge in [0, 0.05) is 67.1 Å². The van der Waals surface area contributed by atoms with Gasteiger partial charge in [-0.1, -0.05) is 23.2 Å². The van der Waals surface area contributed by atoms with Crippen LogP contribution in [0, 0.1) is 0 Å². The van der Waals surface area contributed by atoms with E-state index in [2.05, 4.69) is 31.0 Å². The lowest BCUT2D eigenvalue weighted by Crippen LogP contribution is -2.46. The standard InChI is InChI=1S/C25H25Cl2N7O2/c26-18-3-6-20(27)17(13-18)15-34-12-9-29-23-22(34)14-21(31-32-23)24(35)30-19-4-1-16(2-5-19)25(36)33-10-7-28-8-11-33/h1-6,13-14,28H,7-12,15H2,(H,29,32)(H,30,35). The summed E-state index contributed by atoms with van der Waals surface area (Å²) in [4.78, 5) is 29.5. The summed E-state index contributed by atoms with van der Waals surface area (Å²) in [6, 6.07) is 13.9. The van der Waals surface area contributed by atoms with Crippen LogP contribution in [0.1, 0.15) is 26.4 Å². The van der Waals surface area contributed by atoms with Crippen molar-refractivity contribution in [2.75, 3.05) is 54.8 Å². The molecule has 0 radical (unpaired) electrons. The number of nitrogens with zero attached hydrogens (tertiary/aromatic N) is 4. The normalized spacial score (nSPS) is 15.2. The van der Waals surface area contributed by atoms with Gasteiger partial charge in [-0.15, -0.1) is 10.2 Å². The second kappa shape index (κ2) is 10.7. The molecule has 0 aliphatic carbocycles. The van der Waals surface area contributed by atoms with E-state index in [0.29, 0.717) is 59.8 Å². The molecule has 11 heteroatoms. The summed E-state index contributed by atoms with van der Waals surface area (Å²) in [5.41, 5.74) is 2.98. The second-order valence-electron chi connectivity index (χ2n) is 8.62. The summed E-state index contributed by atoms with van der Waals surface area (Å²) >= 11 is 12.5. The smallest absolute Gasteiger partial charge is 0.276 e. The number of benzene rings is 2. The fourth-order valence-electron chi connectivity index (χ4n) is 4.27. The molecule has 3 aromatic rings. The Labute approximate surface area is 218 Å². The van der Waals surface area contributed by atoms with Crippen molar-refractivity contribution < 1.29 is 9.59 Å². The summed E-state index contributed by atoms with van der Waals surface area (Å²) in [5.74, 6) is 0.201. The molecule has 0 bridgehead atoms. The van der Waals surface area contributed by atoms with Crippen molar-refractivity contribution in [2.24, 2.45) is 0 Å². The molecule has 3 N–H and O–H groups in total. The molecule has 1 saturated heterocycles. The summed E-state index contributed by atoms with van der Waals surface area (Å²) in [5, 5.41) is 18.9. The molecule has 3 heterocycles. The fourth-order valence-corrected chi connectivity index (χ4v) is 4.64. The first-order valence-electron chi connectivity index (χ1n) is 11.7. The van der Waals surface area contributed by atoms with E-state index in [9.17, 15) is 9.59 Å². The van der Waals surface area contributed by atoms with E-state index < -0.39 is 5.91 Å². The van der Waals surface area contributed by atoms with E-state index in [1.807, 2.05) is 11.0 Å². The van der Waals surface area contributed by atoms with Gasteiger partial charge in [-0.2, -0.15) is 0 Å². The number of hydrogen-bond acceptors (Lipinski definition) is 7. The predicted molar refractivity (Wildman–Crippen MR) is 141 cm³/mol. The molecule has 9 nitrogen and oxygen atoms in total. The van der Waals surface area contributed by atoms with Crippen molar-refractivity contribution in [1.82, 2.24) is 20.4 Å². The summed E-state index contributed by atoms with van der Waals surface area (Å²) in [6.07, 6.45) is 0. The van der Waals surface area contributed by atoms with Crippen LogP contribution in [0.15, 0.2) is 48.5 Å². The molecule has 0 saturated carbocycles. The van der Waals surface area contributed by atoms with Gasteiger partial charge in [-0.05, 0) is 54.1 Å². The monoisotopic (exact) mass is 525 g/mol. The quantitative estimate of drug-likeness (QED) is 0.468. The highest BCUT2D eigenvalue weighted by atomic mass is 35.5. The molecule has 1 fully saturated rings. The van der Waals surface area contributed by atoms with Gasteiger partial charge in [0.15, 0.2) is 11.5 Å². The molecule has 36 heavy (non-hydrogen) atoms. The highest BCUT2D eigenvalue weighted by Gasteiger charge is 2.23. The van der Waals surface area contributed by atoms with Crippen LogP contribution >= 0.6 is 23.2 Å². The van der Waals surface area contributed by atoms with E-state index in [4.69, 9.17) is 23.2 Å². The number of rotatable bonds is 5. The topological polar surface area (TPSA) is 102 Å². The van der Waals surface area contributed by atoms with Crippen molar-refractivity contribution in [3.05, 3.63) is 75.4 Å². The first kappa shape index (κ1) is 24.3. The van der Waals surface area contributed by atoms with Crippen LogP contribution in [-0.4, -0.2) is 66.2 Å². The fraction of sp³-hybridized carbons (Fsp3) is 0.280. The van der Waals surface area contributed by atoms with Gasteiger partial charge in [0.05, 0.1) is 5.69 Å². The Balaban J connectivity index is 1.29. The molecule has 0 spiro atoms. The predicted octanol–water partition coefficient (Wildman–Crippen LogP) is 3.51. The van der Waals surface area contributed by atoms with Crippen LogP contribution in [0.2, 0.25) is 10.0 Å². The number of amides is 2. The average molecular weight is 526 g/mol. The van der Waals surface area contributed by atoms with Crippen molar-refractivity contribution in [1.29, 1.82) is 0 Å².